The molecule has 0 saturated heterocycles. The van der Waals surface area contributed by atoms with Crippen LogP contribution in [-0.2, 0) is 11.3 Å². The summed E-state index contributed by atoms with van der Waals surface area (Å²) in [5, 5.41) is 3.51. The number of methoxy groups -OCH3 is 2. The maximum atomic E-state index is 6.07. The number of hydrogen-bond acceptors (Lipinski definition) is 4. The lowest BCUT2D eigenvalue weighted by molar-refractivity contribution is 0.120. The molecule has 0 heterocycles. The fraction of sp³-hybridized carbons (Fsp3) is 0.316. The Kier molecular flexibility index (Phi) is 8.05. The Morgan fingerprint density at radius 1 is 1.12 bits per heavy atom. The molecule has 7 heteroatoms. The lowest BCUT2D eigenvalue weighted by atomic mass is 10.2. The molecule has 6 nitrogen and oxygen atoms in total. The molecule has 2 aromatic rings. The summed E-state index contributed by atoms with van der Waals surface area (Å²) >= 11 is 6.07. The minimum Gasteiger partial charge on any atom is -0.497 e. The van der Waals surface area contributed by atoms with Gasteiger partial charge in [0.25, 0.3) is 0 Å². The highest BCUT2D eigenvalue weighted by atomic mass is 35.5. The lowest BCUT2D eigenvalue weighted by Crippen LogP contribution is -2.23. The molecule has 0 fully saturated rings. The maximum absolute atomic E-state index is 6.07. The molecule has 3 N–H and O–H groups in total. The second-order valence-electron chi connectivity index (χ2n) is 5.50. The van der Waals surface area contributed by atoms with Gasteiger partial charge in [-0.15, -0.1) is 0 Å². The van der Waals surface area contributed by atoms with Crippen LogP contribution in [0.4, 0.5) is 5.69 Å². The zero-order chi connectivity index (χ0) is 18.8. The van der Waals surface area contributed by atoms with Crippen molar-refractivity contribution in [2.24, 2.45) is 10.7 Å². The highest BCUT2D eigenvalue weighted by Crippen LogP contribution is 2.27. The van der Waals surface area contributed by atoms with E-state index in [-0.39, 0.29) is 0 Å². The van der Waals surface area contributed by atoms with Crippen molar-refractivity contribution >= 4 is 23.2 Å². The topological polar surface area (TPSA) is 78.1 Å². The monoisotopic (exact) mass is 377 g/mol. The fourth-order valence-corrected chi connectivity index (χ4v) is 2.47. The van der Waals surface area contributed by atoms with Crippen molar-refractivity contribution in [1.82, 2.24) is 0 Å². The van der Waals surface area contributed by atoms with Gasteiger partial charge in [-0.1, -0.05) is 23.7 Å². The van der Waals surface area contributed by atoms with Gasteiger partial charge in [-0.25, -0.2) is 0 Å². The van der Waals surface area contributed by atoms with Crippen LogP contribution in [0.2, 0.25) is 5.02 Å². The van der Waals surface area contributed by atoms with E-state index >= 15 is 0 Å². The first-order valence-electron chi connectivity index (χ1n) is 8.23. The third kappa shape index (κ3) is 6.46. The molecule has 0 amide bonds. The average molecular weight is 378 g/mol. The molecule has 0 spiro atoms. The summed E-state index contributed by atoms with van der Waals surface area (Å²) in [4.78, 5) is 4.27. The zero-order valence-corrected chi connectivity index (χ0v) is 15.8. The van der Waals surface area contributed by atoms with Crippen molar-refractivity contribution in [2.45, 2.75) is 13.0 Å². The van der Waals surface area contributed by atoms with Crippen LogP contribution >= 0.6 is 11.6 Å². The van der Waals surface area contributed by atoms with E-state index in [1.165, 1.54) is 0 Å². The molecule has 0 saturated carbocycles. The molecule has 0 unspecified atom stereocenters. The van der Waals surface area contributed by atoms with E-state index in [9.17, 15) is 0 Å². The quantitative estimate of drug-likeness (QED) is 0.396. The smallest absolute Gasteiger partial charge is 0.193 e. The van der Waals surface area contributed by atoms with Crippen LogP contribution in [0.5, 0.6) is 11.5 Å². The van der Waals surface area contributed by atoms with Crippen LogP contribution in [0, 0.1) is 0 Å². The minimum absolute atomic E-state index is 0.335. The van der Waals surface area contributed by atoms with Crippen molar-refractivity contribution in [3.05, 3.63) is 53.1 Å². The Morgan fingerprint density at radius 3 is 2.54 bits per heavy atom. The number of hydrogen-bond donors (Lipinski definition) is 2. The summed E-state index contributed by atoms with van der Waals surface area (Å²) in [7, 11) is 3.22. The molecule has 0 aliphatic rings. The van der Waals surface area contributed by atoms with Crippen molar-refractivity contribution in [3.8, 4) is 11.5 Å². The molecule has 0 aliphatic carbocycles. The zero-order valence-electron chi connectivity index (χ0n) is 15.0. The molecule has 0 atom stereocenters. The van der Waals surface area contributed by atoms with Gasteiger partial charge in [0.2, 0.25) is 0 Å². The lowest BCUT2D eigenvalue weighted by Gasteiger charge is -2.08. The summed E-state index contributed by atoms with van der Waals surface area (Å²) in [6.45, 7) is 1.74. The summed E-state index contributed by atoms with van der Waals surface area (Å²) in [6.07, 6.45) is 0.780. The first-order valence-corrected chi connectivity index (χ1v) is 8.61. The van der Waals surface area contributed by atoms with Gasteiger partial charge in [-0.3, -0.25) is 4.99 Å². The third-order valence-corrected chi connectivity index (χ3v) is 3.88. The number of halogens is 1. The molecule has 0 bridgehead atoms. The SMILES string of the molecule is COc1ccc(COCCCN=C(N)Nc2ccc(OC)c(Cl)c2)cc1. The molecular formula is C19H24ClN3O3. The molecule has 0 radical (unpaired) electrons. The first-order chi connectivity index (χ1) is 12.6. The summed E-state index contributed by atoms with van der Waals surface area (Å²) in [6, 6.07) is 13.1. The van der Waals surface area contributed by atoms with Crippen LogP contribution in [0.1, 0.15) is 12.0 Å². The number of ether oxygens (including phenoxy) is 3. The van der Waals surface area contributed by atoms with E-state index in [1.54, 1.807) is 26.4 Å². The highest BCUT2D eigenvalue weighted by Gasteiger charge is 2.02. The summed E-state index contributed by atoms with van der Waals surface area (Å²) in [5.41, 5.74) is 7.73. The Bertz CT molecular complexity index is 720. The molecular weight excluding hydrogens is 354 g/mol. The van der Waals surface area contributed by atoms with E-state index in [1.807, 2.05) is 30.3 Å². The van der Waals surface area contributed by atoms with Crippen LogP contribution in [0.15, 0.2) is 47.5 Å². The molecule has 2 aromatic carbocycles. The Morgan fingerprint density at radius 2 is 1.88 bits per heavy atom. The Hall–Kier alpha value is -2.44. The van der Waals surface area contributed by atoms with Crippen molar-refractivity contribution in [2.75, 3.05) is 32.7 Å². The van der Waals surface area contributed by atoms with E-state index in [4.69, 9.17) is 31.5 Å². The first kappa shape index (κ1) is 19.9. The van der Waals surface area contributed by atoms with E-state index < -0.39 is 0 Å². The van der Waals surface area contributed by atoms with Crippen molar-refractivity contribution in [3.63, 3.8) is 0 Å². The Labute approximate surface area is 158 Å². The predicted octanol–water partition coefficient (Wildman–Crippen LogP) is 3.69. The molecule has 26 heavy (non-hydrogen) atoms. The summed E-state index contributed by atoms with van der Waals surface area (Å²) < 4.78 is 15.9. The van der Waals surface area contributed by atoms with Gasteiger partial charge >= 0.3 is 0 Å². The number of rotatable bonds is 9. The molecule has 2 rings (SSSR count). The van der Waals surface area contributed by atoms with Gasteiger partial charge in [0.05, 0.1) is 25.8 Å². The fourth-order valence-electron chi connectivity index (χ4n) is 2.21. The van der Waals surface area contributed by atoms with E-state index in [0.717, 1.165) is 23.4 Å². The van der Waals surface area contributed by atoms with Crippen LogP contribution in [-0.4, -0.2) is 33.3 Å². The minimum atomic E-state index is 0.335. The van der Waals surface area contributed by atoms with Crippen molar-refractivity contribution < 1.29 is 14.2 Å². The molecule has 0 aromatic heterocycles. The van der Waals surface area contributed by atoms with Gasteiger partial charge in [0.15, 0.2) is 5.96 Å². The number of nitrogens with one attached hydrogen (secondary N) is 1. The standard InChI is InChI=1S/C19H24ClN3O3/c1-24-16-7-4-14(5-8-16)13-26-11-3-10-22-19(21)23-15-6-9-18(25-2)17(20)12-15/h4-9,12H,3,10-11,13H2,1-2H3,(H3,21,22,23). The third-order valence-electron chi connectivity index (χ3n) is 3.58. The summed E-state index contributed by atoms with van der Waals surface area (Å²) in [5.74, 6) is 1.78. The van der Waals surface area contributed by atoms with Gasteiger partial charge in [0.1, 0.15) is 11.5 Å². The average Bonchev–Trinajstić information content (AvgIpc) is 2.65. The largest absolute Gasteiger partial charge is 0.497 e. The number of aliphatic imine (C=N–C) groups is 1. The highest BCUT2D eigenvalue weighted by molar-refractivity contribution is 6.32. The molecule has 140 valence electrons. The molecule has 0 aliphatic heterocycles. The normalized spacial score (nSPS) is 11.3. The Balaban J connectivity index is 1.66. The van der Waals surface area contributed by atoms with Crippen LogP contribution in [0.25, 0.3) is 0 Å². The van der Waals surface area contributed by atoms with Gasteiger partial charge < -0.3 is 25.3 Å². The van der Waals surface area contributed by atoms with E-state index in [0.29, 0.717) is 36.5 Å². The number of anilines is 1. The maximum Gasteiger partial charge on any atom is 0.193 e. The van der Waals surface area contributed by atoms with Crippen molar-refractivity contribution in [1.29, 1.82) is 0 Å². The number of nitrogens with zero attached hydrogens (tertiary/aromatic N) is 1. The predicted molar refractivity (Wildman–Crippen MR) is 105 cm³/mol. The second-order valence-corrected chi connectivity index (χ2v) is 5.90. The second kappa shape index (κ2) is 10.5. The number of nitrogens with two attached hydrogens (primary N) is 1. The van der Waals surface area contributed by atoms with Gasteiger partial charge in [-0.2, -0.15) is 0 Å². The van der Waals surface area contributed by atoms with Crippen LogP contribution in [0.3, 0.4) is 0 Å². The van der Waals surface area contributed by atoms with E-state index in [2.05, 4.69) is 10.3 Å². The number of guanidine groups is 1. The van der Waals surface area contributed by atoms with Gasteiger partial charge in [0, 0.05) is 18.8 Å². The van der Waals surface area contributed by atoms with Crippen LogP contribution < -0.4 is 20.5 Å². The van der Waals surface area contributed by atoms with Gasteiger partial charge in [-0.05, 0) is 42.3 Å². The number of benzene rings is 2.